The van der Waals surface area contributed by atoms with E-state index in [0.29, 0.717) is 0 Å². The Bertz CT molecular complexity index is 2390. The van der Waals surface area contributed by atoms with E-state index in [1.165, 1.54) is 69.7 Å². The number of hydrogen-bond donors (Lipinski definition) is 0. The van der Waals surface area contributed by atoms with E-state index in [0.717, 1.165) is 16.6 Å². The van der Waals surface area contributed by atoms with E-state index in [1.807, 2.05) is 17.4 Å². The van der Waals surface area contributed by atoms with Crippen molar-refractivity contribution >= 4 is 64.9 Å². The number of rotatable bonds is 3. The maximum absolute atomic E-state index is 6.57. The Hall–Kier alpha value is -5.18. The average molecular weight is 553 g/mol. The van der Waals surface area contributed by atoms with Crippen LogP contribution < -0.4 is 0 Å². The van der Waals surface area contributed by atoms with E-state index in [4.69, 9.17) is 4.42 Å². The summed E-state index contributed by atoms with van der Waals surface area (Å²) in [5.41, 5.74) is 8.18. The first-order valence-electron chi connectivity index (χ1n) is 14.3. The van der Waals surface area contributed by atoms with Crippen LogP contribution in [0.4, 0.5) is 0 Å². The predicted molar refractivity (Wildman–Crippen MR) is 180 cm³/mol. The number of benzene rings is 7. The molecule has 0 bridgehead atoms. The van der Waals surface area contributed by atoms with Gasteiger partial charge in [-0.25, -0.2) is 0 Å². The van der Waals surface area contributed by atoms with Crippen LogP contribution in [0, 0.1) is 0 Å². The van der Waals surface area contributed by atoms with Crippen LogP contribution in [0.15, 0.2) is 150 Å². The molecule has 9 rings (SSSR count). The molecule has 2 heteroatoms. The zero-order chi connectivity index (χ0) is 27.6. The number of para-hydroxylation sites is 1. The predicted octanol–water partition coefficient (Wildman–Crippen LogP) is 12.1. The van der Waals surface area contributed by atoms with Crippen molar-refractivity contribution in [1.82, 2.24) is 0 Å². The number of hydrogen-bond acceptors (Lipinski definition) is 2. The molecule has 0 saturated carbocycles. The van der Waals surface area contributed by atoms with Crippen LogP contribution in [0.5, 0.6) is 0 Å². The molecule has 0 aliphatic heterocycles. The van der Waals surface area contributed by atoms with Crippen molar-refractivity contribution in [3.8, 4) is 32.7 Å². The number of fused-ring (bicyclic) bond motifs is 7. The molecule has 0 atom stereocenters. The van der Waals surface area contributed by atoms with Crippen molar-refractivity contribution in [1.29, 1.82) is 0 Å². The maximum atomic E-state index is 6.57. The highest BCUT2D eigenvalue weighted by molar-refractivity contribution is 7.24. The van der Waals surface area contributed by atoms with Gasteiger partial charge in [-0.15, -0.1) is 11.3 Å². The first-order chi connectivity index (χ1) is 20.9. The molecule has 0 aliphatic carbocycles. The smallest absolute Gasteiger partial charge is 0.153 e. The molecule has 42 heavy (non-hydrogen) atoms. The SMILES string of the molecule is c1ccc(-c2c3ccccc3c(-c3sc4c(ccc5c6ccccc6oc54)c3-c3ccccc3)c3ccccc23)cc1. The van der Waals surface area contributed by atoms with Crippen molar-refractivity contribution in [2.24, 2.45) is 0 Å². The second-order valence-corrected chi connectivity index (χ2v) is 11.8. The Morgan fingerprint density at radius 2 is 0.833 bits per heavy atom. The maximum Gasteiger partial charge on any atom is 0.153 e. The molecule has 0 unspecified atom stereocenters. The van der Waals surface area contributed by atoms with Gasteiger partial charge in [0, 0.05) is 32.2 Å². The third-order valence-corrected chi connectivity index (χ3v) is 9.71. The summed E-state index contributed by atoms with van der Waals surface area (Å²) in [6.07, 6.45) is 0. The number of thiophene rings is 1. The average Bonchev–Trinajstić information content (AvgIpc) is 3.63. The lowest BCUT2D eigenvalue weighted by molar-refractivity contribution is 0.673. The molecule has 0 fully saturated rings. The van der Waals surface area contributed by atoms with Gasteiger partial charge in [0.25, 0.3) is 0 Å². The summed E-state index contributed by atoms with van der Waals surface area (Å²) in [4.78, 5) is 1.27. The summed E-state index contributed by atoms with van der Waals surface area (Å²) in [5.74, 6) is 0. The van der Waals surface area contributed by atoms with Gasteiger partial charge in [0.2, 0.25) is 0 Å². The van der Waals surface area contributed by atoms with Crippen molar-refractivity contribution in [2.45, 2.75) is 0 Å². The first kappa shape index (κ1) is 23.5. The minimum absolute atomic E-state index is 0.930. The Morgan fingerprint density at radius 3 is 1.45 bits per heavy atom. The highest BCUT2D eigenvalue weighted by atomic mass is 32.1. The Balaban J connectivity index is 1.48. The lowest BCUT2D eigenvalue weighted by atomic mass is 9.86. The van der Waals surface area contributed by atoms with Crippen LogP contribution in [0.2, 0.25) is 0 Å². The summed E-state index contributed by atoms with van der Waals surface area (Å²) < 4.78 is 7.76. The quantitative estimate of drug-likeness (QED) is 0.199. The zero-order valence-electron chi connectivity index (χ0n) is 22.7. The van der Waals surface area contributed by atoms with Gasteiger partial charge in [0.1, 0.15) is 5.58 Å². The highest BCUT2D eigenvalue weighted by Crippen LogP contribution is 2.53. The minimum atomic E-state index is 0.930. The molecule has 7 aromatic carbocycles. The van der Waals surface area contributed by atoms with Gasteiger partial charge in [-0.05, 0) is 50.4 Å². The molecule has 0 spiro atoms. The molecule has 0 saturated heterocycles. The minimum Gasteiger partial charge on any atom is -0.455 e. The lowest BCUT2D eigenvalue weighted by Crippen LogP contribution is -1.90. The molecule has 0 amide bonds. The topological polar surface area (TPSA) is 13.1 Å². The van der Waals surface area contributed by atoms with E-state index in [2.05, 4.69) is 140 Å². The molecule has 1 nitrogen and oxygen atoms in total. The van der Waals surface area contributed by atoms with Crippen molar-refractivity contribution in [2.75, 3.05) is 0 Å². The monoisotopic (exact) mass is 552 g/mol. The van der Waals surface area contributed by atoms with Gasteiger partial charge in [0.15, 0.2) is 5.58 Å². The normalized spacial score (nSPS) is 11.8. The molecule has 0 N–H and O–H groups in total. The van der Waals surface area contributed by atoms with Crippen molar-refractivity contribution in [3.05, 3.63) is 146 Å². The Labute approximate surface area is 246 Å². The van der Waals surface area contributed by atoms with E-state index in [-0.39, 0.29) is 0 Å². The Morgan fingerprint density at radius 1 is 0.357 bits per heavy atom. The van der Waals surface area contributed by atoms with E-state index < -0.39 is 0 Å². The summed E-state index contributed by atoms with van der Waals surface area (Å²) in [6.45, 7) is 0. The Kier molecular flexibility index (Phi) is 5.13. The standard InChI is InChI=1S/C40H24OS/c1-3-13-25(14-4-1)35-28-18-7-9-20-30(28)37(31-21-10-8-19-29(31)35)40-36(26-15-5-2-6-16-26)33-24-23-32-27-17-11-12-22-34(27)41-38(32)39(33)42-40/h1-24H. The largest absolute Gasteiger partial charge is 0.455 e. The van der Waals surface area contributed by atoms with Crippen LogP contribution in [0.1, 0.15) is 0 Å². The van der Waals surface area contributed by atoms with Crippen LogP contribution in [0.25, 0.3) is 86.3 Å². The fraction of sp³-hybridized carbons (Fsp3) is 0. The molecule has 196 valence electrons. The van der Waals surface area contributed by atoms with Crippen LogP contribution in [-0.4, -0.2) is 0 Å². The first-order valence-corrected chi connectivity index (χ1v) is 15.1. The van der Waals surface area contributed by atoms with Gasteiger partial charge in [-0.3, -0.25) is 0 Å². The highest BCUT2D eigenvalue weighted by Gasteiger charge is 2.24. The molecule has 2 aromatic heterocycles. The molecule has 9 aromatic rings. The summed E-state index contributed by atoms with van der Waals surface area (Å²) in [5, 5.41) is 8.62. The molecular weight excluding hydrogens is 529 g/mol. The lowest BCUT2D eigenvalue weighted by Gasteiger charge is -2.18. The fourth-order valence-corrected chi connectivity index (χ4v) is 8.07. The van der Waals surface area contributed by atoms with Gasteiger partial charge in [-0.2, -0.15) is 0 Å². The second-order valence-electron chi connectivity index (χ2n) is 10.8. The van der Waals surface area contributed by atoms with Gasteiger partial charge >= 0.3 is 0 Å². The molecule has 0 radical (unpaired) electrons. The van der Waals surface area contributed by atoms with E-state index in [1.54, 1.807) is 0 Å². The van der Waals surface area contributed by atoms with Gasteiger partial charge in [0.05, 0.1) is 4.70 Å². The third kappa shape index (κ3) is 3.36. The summed E-state index contributed by atoms with van der Waals surface area (Å²) >= 11 is 1.85. The molecular formula is C40H24OS. The van der Waals surface area contributed by atoms with Gasteiger partial charge < -0.3 is 4.42 Å². The molecule has 0 aliphatic rings. The summed E-state index contributed by atoms with van der Waals surface area (Å²) in [6, 6.07) is 52.3. The van der Waals surface area contributed by atoms with Crippen LogP contribution >= 0.6 is 11.3 Å². The van der Waals surface area contributed by atoms with Crippen molar-refractivity contribution < 1.29 is 4.42 Å². The third-order valence-electron chi connectivity index (χ3n) is 8.49. The fourth-order valence-electron chi connectivity index (χ4n) is 6.69. The van der Waals surface area contributed by atoms with Crippen molar-refractivity contribution in [3.63, 3.8) is 0 Å². The number of furan rings is 1. The summed E-state index contributed by atoms with van der Waals surface area (Å²) in [7, 11) is 0. The van der Waals surface area contributed by atoms with Crippen LogP contribution in [0.3, 0.4) is 0 Å². The second kappa shape index (κ2) is 9.17. The zero-order valence-corrected chi connectivity index (χ0v) is 23.5. The molecule has 2 heterocycles. The van der Waals surface area contributed by atoms with Gasteiger partial charge in [-0.1, -0.05) is 133 Å². The van der Waals surface area contributed by atoms with E-state index in [9.17, 15) is 0 Å². The van der Waals surface area contributed by atoms with Crippen LogP contribution in [-0.2, 0) is 0 Å². The van der Waals surface area contributed by atoms with E-state index >= 15 is 0 Å².